The molecule has 1 saturated heterocycles. The standard InChI is InChI=1S/C24H29NO4/c1-26-21-8-7-16(13-22(21)27-2)19-14-23(28-3)24(29-4)15-20(19)17-9-11-25-10-5-6-18(25)12-17/h7-8,12-15,18H,5-6,9-11H2,1-4H3. The van der Waals surface area contributed by atoms with E-state index in [2.05, 4.69) is 29.2 Å². The van der Waals surface area contributed by atoms with Gasteiger partial charge in [-0.05, 0) is 72.3 Å². The molecule has 2 aliphatic heterocycles. The number of nitrogens with zero attached hydrogens (tertiary/aromatic N) is 1. The Kier molecular flexibility index (Phi) is 5.67. The van der Waals surface area contributed by atoms with Gasteiger partial charge in [-0.25, -0.2) is 0 Å². The van der Waals surface area contributed by atoms with E-state index < -0.39 is 0 Å². The Hall–Kier alpha value is -2.66. The van der Waals surface area contributed by atoms with Crippen molar-refractivity contribution in [2.45, 2.75) is 25.3 Å². The molecule has 0 N–H and O–H groups in total. The van der Waals surface area contributed by atoms with E-state index in [0.29, 0.717) is 11.8 Å². The molecule has 1 atom stereocenters. The van der Waals surface area contributed by atoms with Gasteiger partial charge in [-0.15, -0.1) is 0 Å². The van der Waals surface area contributed by atoms with Gasteiger partial charge < -0.3 is 18.9 Å². The molecule has 2 heterocycles. The summed E-state index contributed by atoms with van der Waals surface area (Å²) in [4.78, 5) is 2.58. The Morgan fingerprint density at radius 1 is 0.759 bits per heavy atom. The van der Waals surface area contributed by atoms with E-state index >= 15 is 0 Å². The van der Waals surface area contributed by atoms with E-state index in [1.807, 2.05) is 12.1 Å². The molecule has 154 valence electrons. The quantitative estimate of drug-likeness (QED) is 0.713. The van der Waals surface area contributed by atoms with Crippen LogP contribution in [0, 0.1) is 0 Å². The predicted octanol–water partition coefficient (Wildman–Crippen LogP) is 4.64. The lowest BCUT2D eigenvalue weighted by atomic mass is 9.89. The Bertz CT molecular complexity index is 921. The Morgan fingerprint density at radius 2 is 1.41 bits per heavy atom. The van der Waals surface area contributed by atoms with Crippen LogP contribution in [0.3, 0.4) is 0 Å². The smallest absolute Gasteiger partial charge is 0.161 e. The molecule has 2 aromatic carbocycles. The first-order valence-corrected chi connectivity index (χ1v) is 10.1. The highest BCUT2D eigenvalue weighted by Gasteiger charge is 2.28. The van der Waals surface area contributed by atoms with Crippen molar-refractivity contribution in [2.24, 2.45) is 0 Å². The third-order valence-electron chi connectivity index (χ3n) is 6.04. The molecule has 1 unspecified atom stereocenters. The maximum atomic E-state index is 5.62. The molecule has 0 spiro atoms. The lowest BCUT2D eigenvalue weighted by Crippen LogP contribution is -2.32. The fraction of sp³-hybridized carbons (Fsp3) is 0.417. The summed E-state index contributed by atoms with van der Waals surface area (Å²) in [5, 5.41) is 0. The first kappa shape index (κ1) is 19.6. The van der Waals surface area contributed by atoms with Gasteiger partial charge in [-0.3, -0.25) is 4.90 Å². The minimum Gasteiger partial charge on any atom is -0.493 e. The van der Waals surface area contributed by atoms with Crippen LogP contribution in [0.1, 0.15) is 24.8 Å². The van der Waals surface area contributed by atoms with Crippen LogP contribution in [-0.2, 0) is 0 Å². The predicted molar refractivity (Wildman–Crippen MR) is 115 cm³/mol. The first-order chi connectivity index (χ1) is 14.2. The van der Waals surface area contributed by atoms with Crippen LogP contribution in [0.5, 0.6) is 23.0 Å². The Labute approximate surface area is 172 Å². The van der Waals surface area contributed by atoms with Gasteiger partial charge >= 0.3 is 0 Å². The van der Waals surface area contributed by atoms with Crippen LogP contribution >= 0.6 is 0 Å². The van der Waals surface area contributed by atoms with Gasteiger partial charge in [-0.1, -0.05) is 12.1 Å². The van der Waals surface area contributed by atoms with Gasteiger partial charge in [0.25, 0.3) is 0 Å². The summed E-state index contributed by atoms with van der Waals surface area (Å²) in [5.41, 5.74) is 4.75. The Balaban J connectivity index is 1.86. The molecular weight excluding hydrogens is 366 g/mol. The largest absolute Gasteiger partial charge is 0.493 e. The molecule has 1 fully saturated rings. The van der Waals surface area contributed by atoms with Gasteiger partial charge in [0.05, 0.1) is 28.4 Å². The average molecular weight is 395 g/mol. The number of hydrogen-bond acceptors (Lipinski definition) is 5. The van der Waals surface area contributed by atoms with Crippen LogP contribution in [0.2, 0.25) is 0 Å². The van der Waals surface area contributed by atoms with E-state index in [1.165, 1.54) is 30.5 Å². The molecule has 29 heavy (non-hydrogen) atoms. The summed E-state index contributed by atoms with van der Waals surface area (Å²) in [6, 6.07) is 10.8. The zero-order valence-electron chi connectivity index (χ0n) is 17.7. The number of fused-ring (bicyclic) bond motifs is 1. The zero-order chi connectivity index (χ0) is 20.4. The minimum absolute atomic E-state index is 0.546. The highest BCUT2D eigenvalue weighted by Crippen LogP contribution is 2.43. The summed E-state index contributed by atoms with van der Waals surface area (Å²) >= 11 is 0. The monoisotopic (exact) mass is 395 g/mol. The number of hydrogen-bond donors (Lipinski definition) is 0. The second kappa shape index (κ2) is 8.37. The van der Waals surface area contributed by atoms with Crippen molar-refractivity contribution in [1.82, 2.24) is 4.90 Å². The molecule has 5 heteroatoms. The molecule has 0 saturated carbocycles. The SMILES string of the molecule is COc1ccc(-c2cc(OC)c(OC)cc2C2=CC3CCCN3CC2)cc1OC. The third kappa shape index (κ3) is 3.67. The van der Waals surface area contributed by atoms with Crippen molar-refractivity contribution < 1.29 is 18.9 Å². The molecule has 0 aliphatic carbocycles. The van der Waals surface area contributed by atoms with E-state index in [9.17, 15) is 0 Å². The first-order valence-electron chi connectivity index (χ1n) is 10.1. The molecule has 0 amide bonds. The Morgan fingerprint density at radius 3 is 2.10 bits per heavy atom. The molecule has 0 bridgehead atoms. The van der Waals surface area contributed by atoms with Crippen molar-refractivity contribution in [2.75, 3.05) is 41.5 Å². The van der Waals surface area contributed by atoms with E-state index in [-0.39, 0.29) is 0 Å². The molecule has 0 aromatic heterocycles. The topological polar surface area (TPSA) is 40.2 Å². The molecular formula is C24H29NO4. The fourth-order valence-corrected chi connectivity index (χ4v) is 4.51. The average Bonchev–Trinajstić information content (AvgIpc) is 3.25. The normalized spacial score (nSPS) is 18.8. The summed E-state index contributed by atoms with van der Waals surface area (Å²) in [6.45, 7) is 2.32. The molecule has 2 aliphatic rings. The van der Waals surface area contributed by atoms with Gasteiger partial charge in [0.1, 0.15) is 0 Å². The lowest BCUT2D eigenvalue weighted by Gasteiger charge is -2.29. The second-order valence-electron chi connectivity index (χ2n) is 7.51. The van der Waals surface area contributed by atoms with E-state index in [1.54, 1.807) is 28.4 Å². The van der Waals surface area contributed by atoms with Crippen molar-refractivity contribution in [3.63, 3.8) is 0 Å². The summed E-state index contributed by atoms with van der Waals surface area (Å²) in [5.74, 6) is 2.91. The lowest BCUT2D eigenvalue weighted by molar-refractivity contribution is 0.288. The summed E-state index contributed by atoms with van der Waals surface area (Å²) in [7, 11) is 6.67. The van der Waals surface area contributed by atoms with Crippen LogP contribution < -0.4 is 18.9 Å². The molecule has 5 nitrogen and oxygen atoms in total. The second-order valence-corrected chi connectivity index (χ2v) is 7.51. The van der Waals surface area contributed by atoms with Gasteiger partial charge in [-0.2, -0.15) is 0 Å². The van der Waals surface area contributed by atoms with E-state index in [4.69, 9.17) is 18.9 Å². The van der Waals surface area contributed by atoms with Crippen molar-refractivity contribution in [3.05, 3.63) is 42.0 Å². The summed E-state index contributed by atoms with van der Waals surface area (Å²) < 4.78 is 22.2. The van der Waals surface area contributed by atoms with Crippen molar-refractivity contribution in [3.8, 4) is 34.1 Å². The fourth-order valence-electron chi connectivity index (χ4n) is 4.51. The third-order valence-corrected chi connectivity index (χ3v) is 6.04. The van der Waals surface area contributed by atoms with Crippen LogP contribution in [0.25, 0.3) is 16.7 Å². The van der Waals surface area contributed by atoms with Crippen molar-refractivity contribution in [1.29, 1.82) is 0 Å². The number of benzene rings is 2. The van der Waals surface area contributed by atoms with Gasteiger partial charge in [0.2, 0.25) is 0 Å². The zero-order valence-corrected chi connectivity index (χ0v) is 17.7. The van der Waals surface area contributed by atoms with Crippen LogP contribution in [0.15, 0.2) is 36.4 Å². The maximum absolute atomic E-state index is 5.62. The highest BCUT2D eigenvalue weighted by atomic mass is 16.5. The number of ether oxygens (including phenoxy) is 4. The van der Waals surface area contributed by atoms with Crippen LogP contribution in [-0.4, -0.2) is 52.5 Å². The molecule has 2 aromatic rings. The molecule has 0 radical (unpaired) electrons. The maximum Gasteiger partial charge on any atom is 0.161 e. The van der Waals surface area contributed by atoms with Gasteiger partial charge in [0.15, 0.2) is 23.0 Å². The van der Waals surface area contributed by atoms with Crippen LogP contribution in [0.4, 0.5) is 0 Å². The summed E-state index contributed by atoms with van der Waals surface area (Å²) in [6.07, 6.45) is 6.00. The minimum atomic E-state index is 0.546. The van der Waals surface area contributed by atoms with Crippen molar-refractivity contribution >= 4 is 5.57 Å². The number of methoxy groups -OCH3 is 4. The van der Waals surface area contributed by atoms with E-state index in [0.717, 1.165) is 41.3 Å². The highest BCUT2D eigenvalue weighted by molar-refractivity contribution is 5.85. The number of rotatable bonds is 6. The molecule has 4 rings (SSSR count). The van der Waals surface area contributed by atoms with Gasteiger partial charge in [0, 0.05) is 12.6 Å².